The minimum absolute atomic E-state index is 0.252. The lowest BCUT2D eigenvalue weighted by Gasteiger charge is -2.39. The first-order valence-corrected chi connectivity index (χ1v) is 8.86. The molecule has 2 saturated carbocycles. The molecule has 3 rings (SSSR count). The van der Waals surface area contributed by atoms with Gasteiger partial charge in [0.2, 0.25) is 0 Å². The van der Waals surface area contributed by atoms with Crippen molar-refractivity contribution >= 4 is 21.7 Å². The highest BCUT2D eigenvalue weighted by molar-refractivity contribution is 9.10. The molecule has 5 heteroatoms. The molecule has 116 valence electrons. The fraction of sp³-hybridized carbons (Fsp3) is 0.750. The van der Waals surface area contributed by atoms with Gasteiger partial charge < -0.3 is 10.1 Å². The molecule has 4 nitrogen and oxygen atoms in total. The summed E-state index contributed by atoms with van der Waals surface area (Å²) in [4.78, 5) is 9.70. The maximum atomic E-state index is 5.78. The number of methoxy groups -OCH3 is 1. The number of nitrogens with one attached hydrogen (secondary N) is 1. The summed E-state index contributed by atoms with van der Waals surface area (Å²) in [6.45, 7) is 2.96. The van der Waals surface area contributed by atoms with Gasteiger partial charge in [-0.05, 0) is 55.0 Å². The van der Waals surface area contributed by atoms with Gasteiger partial charge in [0.15, 0.2) is 5.82 Å². The average Bonchev–Trinajstić information content (AvgIpc) is 2.95. The second kappa shape index (κ2) is 6.21. The third-order valence-corrected chi connectivity index (χ3v) is 5.70. The summed E-state index contributed by atoms with van der Waals surface area (Å²) in [5.74, 6) is 2.36. The normalized spacial score (nSPS) is 21.3. The molecular formula is C16H24BrN3O. The summed E-state index contributed by atoms with van der Waals surface area (Å²) in [5, 5.41) is 3.37. The number of hydrogen-bond donors (Lipinski definition) is 1. The summed E-state index contributed by atoms with van der Waals surface area (Å²) in [6, 6.07) is 0. The lowest BCUT2D eigenvalue weighted by molar-refractivity contribution is -0.0847. The maximum Gasteiger partial charge on any atom is 0.162 e. The Labute approximate surface area is 135 Å². The maximum absolute atomic E-state index is 5.78. The summed E-state index contributed by atoms with van der Waals surface area (Å²) in [5.41, 5.74) is 0.926. The lowest BCUT2D eigenvalue weighted by atomic mass is 9.79. The zero-order valence-corrected chi connectivity index (χ0v) is 14.5. The van der Waals surface area contributed by atoms with Gasteiger partial charge in [-0.3, -0.25) is 0 Å². The summed E-state index contributed by atoms with van der Waals surface area (Å²) in [6.07, 6.45) is 8.34. The Kier molecular flexibility index (Phi) is 4.50. The summed E-state index contributed by atoms with van der Waals surface area (Å²) < 4.78 is 6.83. The van der Waals surface area contributed by atoms with Crippen molar-refractivity contribution in [2.45, 2.75) is 63.4 Å². The standard InChI is InChI=1S/C16H24BrN3O/c1-3-18-14-12(17)13(11-7-4-5-8-11)19-15(20-14)16(21-2)9-6-10-16/h11H,3-10H2,1-2H3,(H,18,19,20). The smallest absolute Gasteiger partial charge is 0.162 e. The Morgan fingerprint density at radius 1 is 1.24 bits per heavy atom. The molecule has 0 spiro atoms. The molecule has 0 radical (unpaired) electrons. The van der Waals surface area contributed by atoms with Crippen LogP contribution in [-0.2, 0) is 10.3 Å². The second-order valence-corrected chi connectivity index (χ2v) is 6.95. The fourth-order valence-corrected chi connectivity index (χ4v) is 4.08. The Morgan fingerprint density at radius 3 is 2.48 bits per heavy atom. The van der Waals surface area contributed by atoms with Crippen LogP contribution in [0.5, 0.6) is 0 Å². The van der Waals surface area contributed by atoms with Crippen LogP contribution in [0.15, 0.2) is 4.47 Å². The molecule has 1 N–H and O–H groups in total. The van der Waals surface area contributed by atoms with Crippen LogP contribution in [0, 0.1) is 0 Å². The highest BCUT2D eigenvalue weighted by Crippen LogP contribution is 2.45. The highest BCUT2D eigenvalue weighted by Gasteiger charge is 2.42. The van der Waals surface area contributed by atoms with E-state index in [4.69, 9.17) is 14.7 Å². The Balaban J connectivity index is 2.03. The average molecular weight is 354 g/mol. The van der Waals surface area contributed by atoms with Gasteiger partial charge in [0.05, 0.1) is 10.2 Å². The van der Waals surface area contributed by atoms with Crippen LogP contribution in [0.25, 0.3) is 0 Å². The number of aromatic nitrogens is 2. The van der Waals surface area contributed by atoms with Crippen molar-refractivity contribution in [3.05, 3.63) is 16.0 Å². The van der Waals surface area contributed by atoms with Crippen LogP contribution in [0.4, 0.5) is 5.82 Å². The molecule has 21 heavy (non-hydrogen) atoms. The molecule has 2 fully saturated rings. The number of nitrogens with zero attached hydrogens (tertiary/aromatic N) is 2. The predicted molar refractivity (Wildman–Crippen MR) is 87.6 cm³/mol. The molecule has 0 bridgehead atoms. The van der Waals surface area contributed by atoms with E-state index in [2.05, 4.69) is 28.2 Å². The minimum Gasteiger partial charge on any atom is -0.370 e. The lowest BCUT2D eigenvalue weighted by Crippen LogP contribution is -2.38. The molecule has 0 aromatic carbocycles. The Bertz CT molecular complexity index is 505. The van der Waals surface area contributed by atoms with Gasteiger partial charge in [0.1, 0.15) is 11.4 Å². The SMILES string of the molecule is CCNc1nc(C2(OC)CCC2)nc(C2CCCC2)c1Br. The van der Waals surface area contributed by atoms with Crippen LogP contribution < -0.4 is 5.32 Å². The predicted octanol–water partition coefficient (Wildman–Crippen LogP) is 4.35. The van der Waals surface area contributed by atoms with E-state index in [-0.39, 0.29) is 5.60 Å². The molecule has 1 aromatic heterocycles. The molecule has 0 saturated heterocycles. The Morgan fingerprint density at radius 2 is 1.95 bits per heavy atom. The molecular weight excluding hydrogens is 330 g/mol. The molecule has 2 aliphatic carbocycles. The second-order valence-electron chi connectivity index (χ2n) is 6.16. The fourth-order valence-electron chi connectivity index (χ4n) is 3.44. The van der Waals surface area contributed by atoms with Crippen molar-refractivity contribution in [1.82, 2.24) is 9.97 Å². The van der Waals surface area contributed by atoms with Gasteiger partial charge in [0, 0.05) is 19.6 Å². The van der Waals surface area contributed by atoms with E-state index in [1.165, 1.54) is 37.8 Å². The minimum atomic E-state index is -0.252. The summed E-state index contributed by atoms with van der Waals surface area (Å²) in [7, 11) is 1.78. The monoisotopic (exact) mass is 353 g/mol. The molecule has 1 aromatic rings. The van der Waals surface area contributed by atoms with Gasteiger partial charge in [-0.15, -0.1) is 0 Å². The van der Waals surface area contributed by atoms with E-state index in [1.54, 1.807) is 7.11 Å². The van der Waals surface area contributed by atoms with Crippen molar-refractivity contribution in [3.63, 3.8) is 0 Å². The quantitative estimate of drug-likeness (QED) is 0.854. The molecule has 0 aliphatic heterocycles. The molecule has 0 atom stereocenters. The van der Waals surface area contributed by atoms with Gasteiger partial charge in [-0.25, -0.2) is 9.97 Å². The van der Waals surface area contributed by atoms with Crippen LogP contribution >= 0.6 is 15.9 Å². The van der Waals surface area contributed by atoms with Crippen LogP contribution in [0.1, 0.15) is 69.3 Å². The van der Waals surface area contributed by atoms with Crippen molar-refractivity contribution in [2.75, 3.05) is 19.0 Å². The number of rotatable bonds is 5. The van der Waals surface area contributed by atoms with Crippen LogP contribution in [0.3, 0.4) is 0 Å². The first-order chi connectivity index (χ1) is 10.2. The highest BCUT2D eigenvalue weighted by atomic mass is 79.9. The van der Waals surface area contributed by atoms with E-state index < -0.39 is 0 Å². The number of ether oxygens (including phenoxy) is 1. The number of anilines is 1. The van der Waals surface area contributed by atoms with Gasteiger partial charge in [0.25, 0.3) is 0 Å². The van der Waals surface area contributed by atoms with E-state index in [0.29, 0.717) is 5.92 Å². The van der Waals surface area contributed by atoms with Crippen molar-refractivity contribution in [1.29, 1.82) is 0 Å². The van der Waals surface area contributed by atoms with Crippen LogP contribution in [0.2, 0.25) is 0 Å². The van der Waals surface area contributed by atoms with Crippen molar-refractivity contribution in [2.24, 2.45) is 0 Å². The first kappa shape index (κ1) is 15.2. The van der Waals surface area contributed by atoms with E-state index in [0.717, 1.165) is 35.5 Å². The van der Waals surface area contributed by atoms with Gasteiger partial charge in [-0.2, -0.15) is 0 Å². The number of hydrogen-bond acceptors (Lipinski definition) is 4. The molecule has 2 aliphatic rings. The van der Waals surface area contributed by atoms with E-state index >= 15 is 0 Å². The summed E-state index contributed by atoms with van der Waals surface area (Å²) >= 11 is 3.73. The third kappa shape index (κ3) is 2.70. The zero-order chi connectivity index (χ0) is 14.9. The van der Waals surface area contributed by atoms with Gasteiger partial charge in [-0.1, -0.05) is 12.8 Å². The van der Waals surface area contributed by atoms with Crippen molar-refractivity contribution < 1.29 is 4.74 Å². The first-order valence-electron chi connectivity index (χ1n) is 8.07. The molecule has 1 heterocycles. The topological polar surface area (TPSA) is 47.0 Å². The molecule has 0 unspecified atom stereocenters. The largest absolute Gasteiger partial charge is 0.370 e. The van der Waals surface area contributed by atoms with E-state index in [1.807, 2.05) is 0 Å². The van der Waals surface area contributed by atoms with Gasteiger partial charge >= 0.3 is 0 Å². The number of halogens is 1. The molecule has 0 amide bonds. The van der Waals surface area contributed by atoms with Crippen LogP contribution in [-0.4, -0.2) is 23.6 Å². The zero-order valence-electron chi connectivity index (χ0n) is 12.9. The Hall–Kier alpha value is -0.680. The van der Waals surface area contributed by atoms with Crippen molar-refractivity contribution in [3.8, 4) is 0 Å². The van der Waals surface area contributed by atoms with E-state index in [9.17, 15) is 0 Å². The third-order valence-electron chi connectivity index (χ3n) is 4.92.